The molecule has 1 aromatic carbocycles. The third-order valence-electron chi connectivity index (χ3n) is 2.96. The number of anilines is 1. The van der Waals surface area contributed by atoms with Crippen LogP contribution in [0.2, 0.25) is 0 Å². The maximum Gasteiger partial charge on any atom is 0.228 e. The number of nitrogens with two attached hydrogens (primary N) is 1. The summed E-state index contributed by atoms with van der Waals surface area (Å²) in [5, 5.41) is 9.22. The van der Waals surface area contributed by atoms with Crippen molar-refractivity contribution in [3.63, 3.8) is 0 Å². The number of aromatic nitrogens is 1. The molecule has 0 saturated carbocycles. The van der Waals surface area contributed by atoms with E-state index in [1.165, 1.54) is 0 Å². The van der Waals surface area contributed by atoms with Gasteiger partial charge in [0.15, 0.2) is 0 Å². The van der Waals surface area contributed by atoms with Crippen LogP contribution in [0.15, 0.2) is 42.6 Å². The number of hydrogen-bond donors (Lipinski definition) is 2. The van der Waals surface area contributed by atoms with E-state index in [4.69, 9.17) is 5.73 Å². The normalized spacial score (nSPS) is 10.2. The molecule has 0 saturated heterocycles. The highest BCUT2D eigenvalue weighted by molar-refractivity contribution is 5.78. The first-order valence-corrected chi connectivity index (χ1v) is 6.27. The minimum Gasteiger partial charge on any atom is -0.508 e. The van der Waals surface area contributed by atoms with Crippen LogP contribution < -0.4 is 5.73 Å². The molecule has 0 fully saturated rings. The molecule has 0 spiro atoms. The van der Waals surface area contributed by atoms with Crippen molar-refractivity contribution in [2.45, 2.75) is 13.0 Å². The van der Waals surface area contributed by atoms with Crippen LogP contribution in [0.3, 0.4) is 0 Å². The SMILES string of the molecule is CN(Cc1ccc(O)cc1)C(=O)Cc1ccc(N)cn1. The second-order valence-electron chi connectivity index (χ2n) is 4.68. The average Bonchev–Trinajstić information content (AvgIpc) is 2.44. The Labute approximate surface area is 117 Å². The van der Waals surface area contributed by atoms with Gasteiger partial charge in [0.05, 0.1) is 18.3 Å². The van der Waals surface area contributed by atoms with Gasteiger partial charge in [0.25, 0.3) is 0 Å². The fourth-order valence-electron chi connectivity index (χ4n) is 1.79. The molecule has 0 unspecified atom stereocenters. The van der Waals surface area contributed by atoms with Crippen LogP contribution in [0.5, 0.6) is 5.75 Å². The van der Waals surface area contributed by atoms with E-state index >= 15 is 0 Å². The fourth-order valence-corrected chi connectivity index (χ4v) is 1.79. The quantitative estimate of drug-likeness (QED) is 0.884. The Morgan fingerprint density at radius 3 is 2.55 bits per heavy atom. The first-order chi connectivity index (χ1) is 9.54. The summed E-state index contributed by atoms with van der Waals surface area (Å²) in [6, 6.07) is 10.3. The number of benzene rings is 1. The van der Waals surface area contributed by atoms with Crippen molar-refractivity contribution in [2.24, 2.45) is 0 Å². The van der Waals surface area contributed by atoms with Gasteiger partial charge >= 0.3 is 0 Å². The van der Waals surface area contributed by atoms with Crippen LogP contribution in [0, 0.1) is 0 Å². The molecular formula is C15H17N3O2. The zero-order valence-electron chi connectivity index (χ0n) is 11.3. The van der Waals surface area contributed by atoms with Gasteiger partial charge in [-0.3, -0.25) is 9.78 Å². The summed E-state index contributed by atoms with van der Waals surface area (Å²) >= 11 is 0. The zero-order chi connectivity index (χ0) is 14.5. The van der Waals surface area contributed by atoms with Gasteiger partial charge in [-0.2, -0.15) is 0 Å². The van der Waals surface area contributed by atoms with Gasteiger partial charge in [0.2, 0.25) is 5.91 Å². The molecule has 0 atom stereocenters. The standard InChI is InChI=1S/C15H17N3O2/c1-18(10-11-2-6-14(19)7-3-11)15(20)8-13-5-4-12(16)9-17-13/h2-7,9,19H,8,10,16H2,1H3. The number of phenols is 1. The molecule has 5 nitrogen and oxygen atoms in total. The van der Waals surface area contributed by atoms with Crippen molar-refractivity contribution in [3.05, 3.63) is 53.9 Å². The number of phenolic OH excluding ortho intramolecular Hbond substituents is 1. The molecule has 0 bridgehead atoms. The van der Waals surface area contributed by atoms with Crippen LogP contribution in [-0.4, -0.2) is 27.9 Å². The van der Waals surface area contributed by atoms with Gasteiger partial charge in [-0.05, 0) is 29.8 Å². The molecule has 5 heteroatoms. The Kier molecular flexibility index (Phi) is 4.20. The summed E-state index contributed by atoms with van der Waals surface area (Å²) in [6.07, 6.45) is 1.79. The van der Waals surface area contributed by atoms with E-state index in [1.54, 1.807) is 54.5 Å². The van der Waals surface area contributed by atoms with E-state index < -0.39 is 0 Å². The second kappa shape index (κ2) is 6.06. The predicted molar refractivity (Wildman–Crippen MR) is 76.9 cm³/mol. The van der Waals surface area contributed by atoms with Gasteiger partial charge in [-0.1, -0.05) is 12.1 Å². The molecule has 1 aromatic heterocycles. The molecular weight excluding hydrogens is 254 g/mol. The first-order valence-electron chi connectivity index (χ1n) is 6.27. The number of carbonyl (C=O) groups excluding carboxylic acids is 1. The number of amides is 1. The molecule has 1 heterocycles. The highest BCUT2D eigenvalue weighted by atomic mass is 16.3. The van der Waals surface area contributed by atoms with Crippen molar-refractivity contribution < 1.29 is 9.90 Å². The molecule has 2 rings (SSSR count). The Morgan fingerprint density at radius 1 is 1.25 bits per heavy atom. The van der Waals surface area contributed by atoms with Crippen LogP contribution in [-0.2, 0) is 17.8 Å². The minimum atomic E-state index is -0.0182. The first kappa shape index (κ1) is 13.9. The van der Waals surface area contributed by atoms with Crippen LogP contribution >= 0.6 is 0 Å². The lowest BCUT2D eigenvalue weighted by atomic mass is 10.2. The lowest BCUT2D eigenvalue weighted by molar-refractivity contribution is -0.129. The third kappa shape index (κ3) is 3.71. The van der Waals surface area contributed by atoms with Gasteiger partial charge in [-0.25, -0.2) is 0 Å². The number of aromatic hydroxyl groups is 1. The Balaban J connectivity index is 1.94. The molecule has 0 aliphatic carbocycles. The summed E-state index contributed by atoms with van der Waals surface area (Å²) in [5.41, 5.74) is 7.79. The number of carbonyl (C=O) groups is 1. The topological polar surface area (TPSA) is 79.5 Å². The summed E-state index contributed by atoms with van der Waals surface area (Å²) in [6.45, 7) is 0.494. The van der Waals surface area contributed by atoms with E-state index in [0.29, 0.717) is 17.9 Å². The van der Waals surface area contributed by atoms with Crippen molar-refractivity contribution in [1.29, 1.82) is 0 Å². The molecule has 104 valence electrons. The van der Waals surface area contributed by atoms with Crippen LogP contribution in [0.4, 0.5) is 5.69 Å². The van der Waals surface area contributed by atoms with E-state index in [0.717, 1.165) is 5.56 Å². The summed E-state index contributed by atoms with van der Waals surface area (Å²) < 4.78 is 0. The molecule has 0 aliphatic heterocycles. The molecule has 20 heavy (non-hydrogen) atoms. The number of hydrogen-bond acceptors (Lipinski definition) is 4. The van der Waals surface area contributed by atoms with Gasteiger partial charge in [0.1, 0.15) is 5.75 Å². The predicted octanol–water partition coefficient (Wildman–Crippen LogP) is 1.57. The van der Waals surface area contributed by atoms with Crippen molar-refractivity contribution in [3.8, 4) is 5.75 Å². The Morgan fingerprint density at radius 2 is 1.95 bits per heavy atom. The number of rotatable bonds is 4. The number of likely N-dealkylation sites (N-methyl/N-ethyl adjacent to an activating group) is 1. The Bertz CT molecular complexity index is 579. The lowest BCUT2D eigenvalue weighted by Gasteiger charge is -2.17. The van der Waals surface area contributed by atoms with E-state index in [2.05, 4.69) is 4.98 Å². The highest BCUT2D eigenvalue weighted by Crippen LogP contribution is 2.12. The summed E-state index contributed by atoms with van der Waals surface area (Å²) in [4.78, 5) is 17.8. The maximum atomic E-state index is 12.1. The second-order valence-corrected chi connectivity index (χ2v) is 4.68. The number of nitrogens with zero attached hydrogens (tertiary/aromatic N) is 2. The summed E-state index contributed by atoms with van der Waals surface area (Å²) in [5.74, 6) is 0.198. The molecule has 3 N–H and O–H groups in total. The van der Waals surface area contributed by atoms with E-state index in [9.17, 15) is 9.90 Å². The number of pyridine rings is 1. The van der Waals surface area contributed by atoms with Gasteiger partial charge in [0, 0.05) is 19.3 Å². The monoisotopic (exact) mass is 271 g/mol. The molecule has 1 amide bonds. The van der Waals surface area contributed by atoms with E-state index in [1.807, 2.05) is 0 Å². The van der Waals surface area contributed by atoms with Gasteiger partial charge in [-0.15, -0.1) is 0 Å². The fraction of sp³-hybridized carbons (Fsp3) is 0.200. The zero-order valence-corrected chi connectivity index (χ0v) is 11.3. The number of nitrogen functional groups attached to an aromatic ring is 1. The minimum absolute atomic E-state index is 0.0182. The van der Waals surface area contributed by atoms with Gasteiger partial charge < -0.3 is 15.7 Å². The molecule has 0 aliphatic rings. The average molecular weight is 271 g/mol. The third-order valence-corrected chi connectivity index (χ3v) is 2.96. The molecule has 0 radical (unpaired) electrons. The lowest BCUT2D eigenvalue weighted by Crippen LogP contribution is -2.27. The van der Waals surface area contributed by atoms with Crippen molar-refractivity contribution >= 4 is 11.6 Å². The smallest absolute Gasteiger partial charge is 0.228 e. The largest absolute Gasteiger partial charge is 0.508 e. The van der Waals surface area contributed by atoms with E-state index in [-0.39, 0.29) is 18.1 Å². The van der Waals surface area contributed by atoms with Crippen molar-refractivity contribution in [2.75, 3.05) is 12.8 Å². The van der Waals surface area contributed by atoms with Crippen LogP contribution in [0.25, 0.3) is 0 Å². The van der Waals surface area contributed by atoms with Crippen LogP contribution in [0.1, 0.15) is 11.3 Å². The Hall–Kier alpha value is -2.56. The molecule has 2 aromatic rings. The summed E-state index contributed by atoms with van der Waals surface area (Å²) in [7, 11) is 1.74. The maximum absolute atomic E-state index is 12.1. The van der Waals surface area contributed by atoms with Crippen molar-refractivity contribution in [1.82, 2.24) is 9.88 Å². The highest BCUT2D eigenvalue weighted by Gasteiger charge is 2.11.